The number of benzene rings is 1. The molecule has 1 unspecified atom stereocenters. The molecular formula is C13H16O3. The average Bonchev–Trinajstić information content (AvgIpc) is 2.30. The average molecular weight is 220 g/mol. The smallest absolute Gasteiger partial charge is 0.333 e. The summed E-state index contributed by atoms with van der Waals surface area (Å²) < 4.78 is 10.1. The number of hydrogen-bond donors (Lipinski definition) is 0. The molecule has 3 nitrogen and oxygen atoms in total. The van der Waals surface area contributed by atoms with Gasteiger partial charge in [0.25, 0.3) is 0 Å². The van der Waals surface area contributed by atoms with E-state index < -0.39 is 0 Å². The van der Waals surface area contributed by atoms with Gasteiger partial charge in [0.15, 0.2) is 0 Å². The van der Waals surface area contributed by atoms with Crippen LogP contribution in [0.5, 0.6) is 0 Å². The van der Waals surface area contributed by atoms with Crippen LogP contribution in [0.4, 0.5) is 0 Å². The zero-order valence-electron chi connectivity index (χ0n) is 9.55. The third-order valence-corrected chi connectivity index (χ3v) is 2.04. The minimum absolute atomic E-state index is 0.0770. The van der Waals surface area contributed by atoms with Gasteiger partial charge in [-0.15, -0.1) is 0 Å². The monoisotopic (exact) mass is 220 g/mol. The van der Waals surface area contributed by atoms with E-state index in [-0.39, 0.29) is 12.1 Å². The lowest BCUT2D eigenvalue weighted by molar-refractivity contribution is -0.137. The molecule has 0 aliphatic heterocycles. The molecule has 0 N–H and O–H groups in total. The van der Waals surface area contributed by atoms with Gasteiger partial charge < -0.3 is 9.47 Å². The van der Waals surface area contributed by atoms with Gasteiger partial charge in [-0.2, -0.15) is 0 Å². The molecule has 0 bridgehead atoms. The second-order valence-corrected chi connectivity index (χ2v) is 3.24. The zero-order valence-corrected chi connectivity index (χ0v) is 9.55. The van der Waals surface area contributed by atoms with Crippen LogP contribution in [0.15, 0.2) is 42.7 Å². The van der Waals surface area contributed by atoms with Gasteiger partial charge in [0.05, 0.1) is 18.9 Å². The van der Waals surface area contributed by atoms with Crippen LogP contribution in [0.25, 0.3) is 0 Å². The second kappa shape index (κ2) is 6.67. The minimum atomic E-state index is -0.386. The first-order valence-corrected chi connectivity index (χ1v) is 5.27. The molecule has 1 aromatic rings. The van der Waals surface area contributed by atoms with Gasteiger partial charge in [-0.3, -0.25) is 0 Å². The quantitative estimate of drug-likeness (QED) is 0.435. The van der Waals surface area contributed by atoms with Crippen LogP contribution in [0, 0.1) is 0 Å². The van der Waals surface area contributed by atoms with Gasteiger partial charge in [-0.05, 0) is 19.4 Å². The van der Waals surface area contributed by atoms with Crippen LogP contribution >= 0.6 is 0 Å². The molecule has 3 heteroatoms. The van der Waals surface area contributed by atoms with Crippen LogP contribution in [0.3, 0.4) is 0 Å². The van der Waals surface area contributed by atoms with E-state index in [9.17, 15) is 4.79 Å². The summed E-state index contributed by atoms with van der Waals surface area (Å²) >= 11 is 0. The Morgan fingerprint density at radius 2 is 2.06 bits per heavy atom. The second-order valence-electron chi connectivity index (χ2n) is 3.24. The Balaban J connectivity index is 2.41. The van der Waals surface area contributed by atoms with Gasteiger partial charge in [0, 0.05) is 0 Å². The van der Waals surface area contributed by atoms with Gasteiger partial charge in [-0.1, -0.05) is 30.3 Å². The van der Waals surface area contributed by atoms with Crippen molar-refractivity contribution in [1.29, 1.82) is 0 Å². The van der Waals surface area contributed by atoms with E-state index in [2.05, 4.69) is 0 Å². The van der Waals surface area contributed by atoms with Gasteiger partial charge in [-0.25, -0.2) is 4.79 Å². The topological polar surface area (TPSA) is 35.5 Å². The first-order chi connectivity index (χ1) is 7.74. The maximum Gasteiger partial charge on any atom is 0.333 e. The number of rotatable bonds is 5. The molecule has 1 atom stereocenters. The Kier molecular flexibility index (Phi) is 5.12. The van der Waals surface area contributed by atoms with Crippen LogP contribution in [-0.4, -0.2) is 12.6 Å². The molecule has 0 saturated heterocycles. The largest absolute Gasteiger partial charge is 0.493 e. The van der Waals surface area contributed by atoms with Gasteiger partial charge >= 0.3 is 5.97 Å². The van der Waals surface area contributed by atoms with Crippen molar-refractivity contribution in [3.63, 3.8) is 0 Å². The third kappa shape index (κ3) is 4.17. The molecule has 0 aromatic heterocycles. The van der Waals surface area contributed by atoms with Crippen molar-refractivity contribution >= 4 is 5.97 Å². The highest BCUT2D eigenvalue weighted by Crippen LogP contribution is 2.15. The summed E-state index contributed by atoms with van der Waals surface area (Å²) in [4.78, 5) is 11.0. The highest BCUT2D eigenvalue weighted by Gasteiger charge is 2.02. The maximum absolute atomic E-state index is 11.0. The number of carbonyl (C=O) groups excluding carboxylic acids is 1. The number of carbonyl (C=O) groups is 1. The molecule has 1 rings (SSSR count). The van der Waals surface area contributed by atoms with E-state index in [1.807, 2.05) is 37.3 Å². The molecule has 16 heavy (non-hydrogen) atoms. The summed E-state index contributed by atoms with van der Waals surface area (Å²) in [6, 6.07) is 9.80. The van der Waals surface area contributed by atoms with Crippen molar-refractivity contribution < 1.29 is 14.3 Å². The SMILES string of the molecule is CCOC(=O)C=COC(C)c1ccccc1. The predicted molar refractivity (Wildman–Crippen MR) is 61.7 cm³/mol. The summed E-state index contributed by atoms with van der Waals surface area (Å²) in [6.45, 7) is 4.06. The Hall–Kier alpha value is -1.77. The van der Waals surface area contributed by atoms with E-state index in [1.165, 1.54) is 12.3 Å². The number of ether oxygens (including phenoxy) is 2. The van der Waals surface area contributed by atoms with E-state index >= 15 is 0 Å². The molecule has 0 radical (unpaired) electrons. The molecule has 0 heterocycles. The van der Waals surface area contributed by atoms with E-state index in [0.717, 1.165) is 5.56 Å². The van der Waals surface area contributed by atoms with Gasteiger partial charge in [0.1, 0.15) is 6.10 Å². The molecule has 0 fully saturated rings. The first-order valence-electron chi connectivity index (χ1n) is 5.27. The minimum Gasteiger partial charge on any atom is -0.493 e. The molecule has 0 amide bonds. The fraction of sp³-hybridized carbons (Fsp3) is 0.308. The number of esters is 1. The molecule has 1 aromatic carbocycles. The molecule has 0 spiro atoms. The van der Waals surface area contributed by atoms with Crippen LogP contribution in [-0.2, 0) is 14.3 Å². The third-order valence-electron chi connectivity index (χ3n) is 2.04. The lowest BCUT2D eigenvalue weighted by Gasteiger charge is -2.10. The Bertz CT molecular complexity index is 343. The fourth-order valence-corrected chi connectivity index (χ4v) is 1.21. The Morgan fingerprint density at radius 3 is 2.69 bits per heavy atom. The van der Waals surface area contributed by atoms with Crippen molar-refractivity contribution in [3.05, 3.63) is 48.2 Å². The summed E-state index contributed by atoms with van der Waals surface area (Å²) in [5.74, 6) is -0.386. The summed E-state index contributed by atoms with van der Waals surface area (Å²) in [5, 5.41) is 0. The summed E-state index contributed by atoms with van der Waals surface area (Å²) in [6.07, 6.45) is 2.57. The molecular weight excluding hydrogens is 204 g/mol. The molecule has 0 saturated carbocycles. The van der Waals surface area contributed by atoms with Crippen molar-refractivity contribution in [1.82, 2.24) is 0 Å². The Morgan fingerprint density at radius 1 is 1.38 bits per heavy atom. The van der Waals surface area contributed by atoms with Crippen LogP contribution in [0.1, 0.15) is 25.5 Å². The van der Waals surface area contributed by atoms with E-state index in [1.54, 1.807) is 6.92 Å². The van der Waals surface area contributed by atoms with Crippen molar-refractivity contribution in [3.8, 4) is 0 Å². The standard InChI is InChI=1S/C13H16O3/c1-3-15-13(14)9-10-16-11(2)12-7-5-4-6-8-12/h4-11H,3H2,1-2H3. The zero-order chi connectivity index (χ0) is 11.8. The lowest BCUT2D eigenvalue weighted by Crippen LogP contribution is -2.00. The molecule has 86 valence electrons. The first kappa shape index (κ1) is 12.3. The van der Waals surface area contributed by atoms with E-state index in [0.29, 0.717) is 6.61 Å². The van der Waals surface area contributed by atoms with E-state index in [4.69, 9.17) is 9.47 Å². The lowest BCUT2D eigenvalue weighted by atomic mass is 10.1. The molecule has 0 aliphatic carbocycles. The van der Waals surface area contributed by atoms with Crippen LogP contribution < -0.4 is 0 Å². The van der Waals surface area contributed by atoms with Crippen LogP contribution in [0.2, 0.25) is 0 Å². The fourth-order valence-electron chi connectivity index (χ4n) is 1.21. The van der Waals surface area contributed by atoms with Crippen molar-refractivity contribution in [2.75, 3.05) is 6.61 Å². The highest BCUT2D eigenvalue weighted by molar-refractivity contribution is 5.81. The predicted octanol–water partition coefficient (Wildman–Crippen LogP) is 2.84. The summed E-state index contributed by atoms with van der Waals surface area (Å²) in [5.41, 5.74) is 1.07. The maximum atomic E-state index is 11.0. The number of hydrogen-bond acceptors (Lipinski definition) is 3. The Labute approximate surface area is 95.7 Å². The van der Waals surface area contributed by atoms with Crippen molar-refractivity contribution in [2.45, 2.75) is 20.0 Å². The van der Waals surface area contributed by atoms with Crippen molar-refractivity contribution in [2.24, 2.45) is 0 Å². The highest BCUT2D eigenvalue weighted by atomic mass is 16.5. The normalized spacial score (nSPS) is 12.4. The molecule has 0 aliphatic rings. The van der Waals surface area contributed by atoms with Gasteiger partial charge in [0.2, 0.25) is 0 Å². The summed E-state index contributed by atoms with van der Waals surface area (Å²) in [7, 11) is 0.